The van der Waals surface area contributed by atoms with E-state index in [0.717, 1.165) is 0 Å². The van der Waals surface area contributed by atoms with Crippen LogP contribution in [0.25, 0.3) is 0 Å². The van der Waals surface area contributed by atoms with Gasteiger partial charge in [0.25, 0.3) is 5.91 Å². The molecule has 0 radical (unpaired) electrons. The third-order valence-electron chi connectivity index (χ3n) is 3.79. The van der Waals surface area contributed by atoms with Crippen molar-refractivity contribution in [3.8, 4) is 0 Å². The number of hydrogen-bond donors (Lipinski definition) is 2. The number of piperazine rings is 1. The van der Waals surface area contributed by atoms with Crippen LogP contribution in [0.5, 0.6) is 0 Å². The zero-order chi connectivity index (χ0) is 18.4. The third-order valence-corrected chi connectivity index (χ3v) is 3.79. The van der Waals surface area contributed by atoms with Gasteiger partial charge >= 0.3 is 0 Å². The maximum absolute atomic E-state index is 12.5. The summed E-state index contributed by atoms with van der Waals surface area (Å²) in [7, 11) is 0. The zero-order valence-electron chi connectivity index (χ0n) is 15.5. The Balaban J connectivity index is 1.83. The molecule has 0 aromatic carbocycles. The van der Waals surface area contributed by atoms with Gasteiger partial charge in [-0.05, 0) is 27.7 Å². The first kappa shape index (κ1) is 19.1. The van der Waals surface area contributed by atoms with Gasteiger partial charge in [-0.25, -0.2) is 9.97 Å². The second kappa shape index (κ2) is 8.75. The van der Waals surface area contributed by atoms with Gasteiger partial charge in [0, 0.05) is 50.7 Å². The number of carbonyl (C=O) groups is 2. The summed E-state index contributed by atoms with van der Waals surface area (Å²) in [6.07, 6.45) is 3.12. The monoisotopic (exact) mass is 348 g/mol. The van der Waals surface area contributed by atoms with E-state index in [2.05, 4.69) is 25.5 Å². The molecule has 25 heavy (non-hydrogen) atoms. The Bertz CT molecular complexity index is 579. The first-order valence-corrected chi connectivity index (χ1v) is 8.74. The van der Waals surface area contributed by atoms with Gasteiger partial charge in [-0.1, -0.05) is 0 Å². The summed E-state index contributed by atoms with van der Waals surface area (Å²) in [5.41, 5.74) is 0.486. The summed E-state index contributed by atoms with van der Waals surface area (Å²) < 4.78 is 0. The molecular weight excluding hydrogens is 320 g/mol. The molecule has 2 N–H and O–H groups in total. The second-order valence-electron chi connectivity index (χ2n) is 6.88. The van der Waals surface area contributed by atoms with Crippen LogP contribution >= 0.6 is 0 Å². The van der Waals surface area contributed by atoms with Crippen LogP contribution in [0.1, 0.15) is 38.1 Å². The lowest BCUT2D eigenvalue weighted by Crippen LogP contribution is -2.51. The average Bonchev–Trinajstić information content (AvgIpc) is 2.54. The van der Waals surface area contributed by atoms with Gasteiger partial charge in [-0.3, -0.25) is 14.5 Å². The fraction of sp³-hybridized carbons (Fsp3) is 0.647. The highest BCUT2D eigenvalue weighted by Crippen LogP contribution is 2.09. The number of nitrogens with one attached hydrogen (secondary N) is 2. The Kier molecular flexibility index (Phi) is 6.69. The molecule has 0 saturated carbocycles. The van der Waals surface area contributed by atoms with Crippen LogP contribution in [-0.2, 0) is 4.79 Å². The smallest absolute Gasteiger partial charge is 0.257 e. The molecule has 1 saturated heterocycles. The van der Waals surface area contributed by atoms with Crippen molar-refractivity contribution >= 4 is 17.8 Å². The van der Waals surface area contributed by atoms with Crippen LogP contribution in [0.2, 0.25) is 0 Å². The largest absolute Gasteiger partial charge is 0.353 e. The molecule has 0 atom stereocenters. The van der Waals surface area contributed by atoms with Gasteiger partial charge in [0.05, 0.1) is 12.1 Å². The molecule has 1 aromatic rings. The number of aromatic nitrogens is 2. The van der Waals surface area contributed by atoms with E-state index in [0.29, 0.717) is 44.2 Å². The van der Waals surface area contributed by atoms with E-state index in [1.54, 1.807) is 17.3 Å². The van der Waals surface area contributed by atoms with Crippen LogP contribution < -0.4 is 10.6 Å². The summed E-state index contributed by atoms with van der Waals surface area (Å²) in [6, 6.07) is 0.381. The van der Waals surface area contributed by atoms with Gasteiger partial charge in [0.1, 0.15) is 0 Å². The molecule has 8 heteroatoms. The Morgan fingerprint density at radius 3 is 2.16 bits per heavy atom. The highest BCUT2D eigenvalue weighted by Gasteiger charge is 2.23. The molecule has 1 aromatic heterocycles. The van der Waals surface area contributed by atoms with Crippen molar-refractivity contribution in [1.29, 1.82) is 0 Å². The molecule has 1 fully saturated rings. The number of rotatable bonds is 6. The van der Waals surface area contributed by atoms with Crippen molar-refractivity contribution in [2.75, 3.05) is 38.0 Å². The topological polar surface area (TPSA) is 90.5 Å². The summed E-state index contributed by atoms with van der Waals surface area (Å²) >= 11 is 0. The minimum absolute atomic E-state index is 0.0245. The van der Waals surface area contributed by atoms with Crippen LogP contribution in [0.15, 0.2) is 12.4 Å². The summed E-state index contributed by atoms with van der Waals surface area (Å²) in [4.78, 5) is 36.6. The van der Waals surface area contributed by atoms with Crippen molar-refractivity contribution in [1.82, 2.24) is 25.1 Å². The number of hydrogen-bond acceptors (Lipinski definition) is 6. The number of anilines is 1. The molecule has 1 aliphatic rings. The molecule has 0 bridgehead atoms. The summed E-state index contributed by atoms with van der Waals surface area (Å²) in [6.45, 7) is 10.8. The Morgan fingerprint density at radius 2 is 1.64 bits per heavy atom. The lowest BCUT2D eigenvalue weighted by Gasteiger charge is -2.34. The Hall–Kier alpha value is -2.22. The fourth-order valence-electron chi connectivity index (χ4n) is 2.63. The molecular formula is C17H28N6O2. The van der Waals surface area contributed by atoms with Crippen molar-refractivity contribution < 1.29 is 9.59 Å². The van der Waals surface area contributed by atoms with Gasteiger partial charge in [0.2, 0.25) is 11.9 Å². The van der Waals surface area contributed by atoms with E-state index < -0.39 is 0 Å². The van der Waals surface area contributed by atoms with E-state index in [1.807, 2.05) is 27.7 Å². The van der Waals surface area contributed by atoms with E-state index in [9.17, 15) is 9.59 Å². The van der Waals surface area contributed by atoms with E-state index in [-0.39, 0.29) is 23.9 Å². The molecule has 138 valence electrons. The number of amides is 2. The third kappa shape index (κ3) is 5.97. The molecule has 0 unspecified atom stereocenters. The standard InChI is InChI=1S/C17H28N6O2/c1-12(2)20-15(24)11-22-5-7-23(8-6-22)16(25)14-9-18-17(19-10-14)21-13(3)4/h9-10,12-13H,5-8,11H2,1-4H3,(H,20,24)(H,18,19,21). The predicted octanol–water partition coefficient (Wildman–Crippen LogP) is 0.579. The SMILES string of the molecule is CC(C)NC(=O)CN1CCN(C(=O)c2cnc(NC(C)C)nc2)CC1. The maximum Gasteiger partial charge on any atom is 0.257 e. The second-order valence-corrected chi connectivity index (χ2v) is 6.88. The predicted molar refractivity (Wildman–Crippen MR) is 96.4 cm³/mol. The fourth-order valence-corrected chi connectivity index (χ4v) is 2.63. The number of nitrogens with zero attached hydrogens (tertiary/aromatic N) is 4. The Morgan fingerprint density at radius 1 is 1.04 bits per heavy atom. The van der Waals surface area contributed by atoms with Gasteiger partial charge in [-0.15, -0.1) is 0 Å². The summed E-state index contributed by atoms with van der Waals surface area (Å²) in [5, 5.41) is 5.98. The minimum atomic E-state index is -0.0672. The molecule has 1 aliphatic heterocycles. The maximum atomic E-state index is 12.5. The lowest BCUT2D eigenvalue weighted by atomic mass is 10.2. The van der Waals surface area contributed by atoms with Crippen molar-refractivity contribution in [3.63, 3.8) is 0 Å². The van der Waals surface area contributed by atoms with E-state index in [4.69, 9.17) is 0 Å². The molecule has 0 aliphatic carbocycles. The minimum Gasteiger partial charge on any atom is -0.353 e. The van der Waals surface area contributed by atoms with Crippen LogP contribution in [-0.4, -0.2) is 76.4 Å². The average molecular weight is 348 g/mol. The highest BCUT2D eigenvalue weighted by molar-refractivity contribution is 5.93. The first-order chi connectivity index (χ1) is 11.8. The normalized spacial score (nSPS) is 15.5. The molecule has 2 amide bonds. The van der Waals surface area contributed by atoms with Gasteiger partial charge < -0.3 is 15.5 Å². The van der Waals surface area contributed by atoms with Crippen LogP contribution in [0, 0.1) is 0 Å². The molecule has 2 rings (SSSR count). The molecule has 0 spiro atoms. The molecule has 8 nitrogen and oxygen atoms in total. The van der Waals surface area contributed by atoms with E-state index in [1.165, 1.54) is 0 Å². The first-order valence-electron chi connectivity index (χ1n) is 8.74. The van der Waals surface area contributed by atoms with Gasteiger partial charge in [0.15, 0.2) is 0 Å². The quantitative estimate of drug-likeness (QED) is 0.781. The summed E-state index contributed by atoms with van der Waals surface area (Å²) in [5.74, 6) is 0.478. The number of carbonyl (C=O) groups excluding carboxylic acids is 2. The van der Waals surface area contributed by atoms with Crippen molar-refractivity contribution in [3.05, 3.63) is 18.0 Å². The van der Waals surface area contributed by atoms with E-state index >= 15 is 0 Å². The Labute approximate surface area is 149 Å². The van der Waals surface area contributed by atoms with Crippen molar-refractivity contribution in [2.45, 2.75) is 39.8 Å². The highest BCUT2D eigenvalue weighted by atomic mass is 16.2. The van der Waals surface area contributed by atoms with Crippen molar-refractivity contribution in [2.24, 2.45) is 0 Å². The van der Waals surface area contributed by atoms with Crippen LogP contribution in [0.4, 0.5) is 5.95 Å². The zero-order valence-corrected chi connectivity index (χ0v) is 15.5. The lowest BCUT2D eigenvalue weighted by molar-refractivity contribution is -0.123. The van der Waals surface area contributed by atoms with Crippen LogP contribution in [0.3, 0.4) is 0 Å². The van der Waals surface area contributed by atoms with Gasteiger partial charge in [-0.2, -0.15) is 0 Å². The molecule has 2 heterocycles.